The van der Waals surface area contributed by atoms with Gasteiger partial charge in [0.25, 0.3) is 0 Å². The molecule has 0 bridgehead atoms. The van der Waals surface area contributed by atoms with Gasteiger partial charge in [0.2, 0.25) is 0 Å². The van der Waals surface area contributed by atoms with Gasteiger partial charge in [-0.05, 0) is 20.3 Å². The summed E-state index contributed by atoms with van der Waals surface area (Å²) in [6.07, 6.45) is 0.707. The molecule has 0 rings (SSSR count). The van der Waals surface area contributed by atoms with Crippen LogP contribution in [0.1, 0.15) is 20.3 Å². The van der Waals surface area contributed by atoms with Crippen LogP contribution in [0.2, 0.25) is 0 Å². The van der Waals surface area contributed by atoms with E-state index in [-0.39, 0.29) is 5.75 Å². The third-order valence-electron chi connectivity index (χ3n) is 1.82. The Kier molecular flexibility index (Phi) is 5.95. The van der Waals surface area contributed by atoms with Crippen LogP contribution in [-0.2, 0) is 20.3 Å². The van der Waals surface area contributed by atoms with Crippen LogP contribution in [0, 0.1) is 5.41 Å². The number of hydrogen-bond acceptors (Lipinski definition) is 3. The molecule has 0 aliphatic rings. The SMILES string of the molecule is COCCCS(=O)CC(C)(C)C(=O)O. The molecule has 0 aliphatic heterocycles. The van der Waals surface area contributed by atoms with Crippen molar-refractivity contribution >= 4 is 16.8 Å². The standard InChI is InChI=1S/C9H18O4S/c1-9(2,8(10)11)7-14(12)6-4-5-13-3/h4-7H2,1-3H3,(H,10,11). The monoisotopic (exact) mass is 222 g/mol. The van der Waals surface area contributed by atoms with Gasteiger partial charge in [0.05, 0.1) is 5.41 Å². The van der Waals surface area contributed by atoms with Crippen LogP contribution in [0.15, 0.2) is 0 Å². The number of carboxylic acid groups (broad SMARTS) is 1. The Morgan fingerprint density at radius 1 is 1.50 bits per heavy atom. The summed E-state index contributed by atoms with van der Waals surface area (Å²) in [4.78, 5) is 10.7. The van der Waals surface area contributed by atoms with Crippen LogP contribution in [-0.4, -0.2) is 40.5 Å². The van der Waals surface area contributed by atoms with Crippen LogP contribution < -0.4 is 0 Å². The van der Waals surface area contributed by atoms with Crippen molar-refractivity contribution in [1.29, 1.82) is 0 Å². The third-order valence-corrected chi connectivity index (χ3v) is 3.61. The van der Waals surface area contributed by atoms with Gasteiger partial charge in [0.15, 0.2) is 0 Å². The molecule has 0 aliphatic carbocycles. The predicted octanol–water partition coefficient (Wildman–Crippen LogP) is 0.882. The lowest BCUT2D eigenvalue weighted by Crippen LogP contribution is -2.30. The van der Waals surface area contributed by atoms with Gasteiger partial charge in [-0.25, -0.2) is 0 Å². The van der Waals surface area contributed by atoms with Crippen molar-refractivity contribution in [3.05, 3.63) is 0 Å². The highest BCUT2D eigenvalue weighted by atomic mass is 32.2. The lowest BCUT2D eigenvalue weighted by molar-refractivity contribution is -0.145. The fourth-order valence-electron chi connectivity index (χ4n) is 0.901. The molecular weight excluding hydrogens is 204 g/mol. The third kappa shape index (κ3) is 5.34. The zero-order valence-corrected chi connectivity index (χ0v) is 9.73. The maximum absolute atomic E-state index is 11.4. The Balaban J connectivity index is 3.88. The van der Waals surface area contributed by atoms with Gasteiger partial charge in [0.1, 0.15) is 0 Å². The molecule has 14 heavy (non-hydrogen) atoms. The zero-order chi connectivity index (χ0) is 11.2. The summed E-state index contributed by atoms with van der Waals surface area (Å²) in [6.45, 7) is 3.74. The fraction of sp³-hybridized carbons (Fsp3) is 0.889. The molecule has 0 fully saturated rings. The molecule has 5 heteroatoms. The van der Waals surface area contributed by atoms with E-state index >= 15 is 0 Å². The summed E-state index contributed by atoms with van der Waals surface area (Å²) >= 11 is 0. The molecule has 0 heterocycles. The van der Waals surface area contributed by atoms with Gasteiger partial charge in [-0.1, -0.05) is 0 Å². The average Bonchev–Trinajstić information content (AvgIpc) is 2.03. The van der Waals surface area contributed by atoms with Crippen molar-refractivity contribution in [3.8, 4) is 0 Å². The first-order chi connectivity index (χ1) is 6.40. The largest absolute Gasteiger partial charge is 0.481 e. The second kappa shape index (κ2) is 6.14. The van der Waals surface area contributed by atoms with Gasteiger partial charge in [-0.2, -0.15) is 0 Å². The smallest absolute Gasteiger partial charge is 0.310 e. The van der Waals surface area contributed by atoms with E-state index in [2.05, 4.69) is 0 Å². The highest BCUT2D eigenvalue weighted by Crippen LogP contribution is 2.16. The van der Waals surface area contributed by atoms with E-state index in [1.807, 2.05) is 0 Å². The molecule has 0 aromatic carbocycles. The summed E-state index contributed by atoms with van der Waals surface area (Å²) in [6, 6.07) is 0. The number of ether oxygens (including phenoxy) is 1. The van der Waals surface area contributed by atoms with Crippen molar-refractivity contribution in [2.45, 2.75) is 20.3 Å². The summed E-state index contributed by atoms with van der Waals surface area (Å²) < 4.78 is 16.2. The van der Waals surface area contributed by atoms with Crippen molar-refractivity contribution in [2.75, 3.05) is 25.2 Å². The molecular formula is C9H18O4S. The van der Waals surface area contributed by atoms with E-state index in [4.69, 9.17) is 9.84 Å². The first-order valence-electron chi connectivity index (χ1n) is 4.47. The maximum Gasteiger partial charge on any atom is 0.310 e. The van der Waals surface area contributed by atoms with Gasteiger partial charge in [-0.15, -0.1) is 0 Å². The van der Waals surface area contributed by atoms with Crippen molar-refractivity contribution in [1.82, 2.24) is 0 Å². The van der Waals surface area contributed by atoms with E-state index in [1.54, 1.807) is 21.0 Å². The number of carboxylic acids is 1. The molecule has 1 unspecified atom stereocenters. The lowest BCUT2D eigenvalue weighted by Gasteiger charge is -2.17. The first-order valence-corrected chi connectivity index (χ1v) is 5.96. The van der Waals surface area contributed by atoms with E-state index in [0.29, 0.717) is 18.8 Å². The van der Waals surface area contributed by atoms with Gasteiger partial charge in [-0.3, -0.25) is 9.00 Å². The molecule has 1 atom stereocenters. The Labute approximate surface area is 87.1 Å². The van der Waals surface area contributed by atoms with E-state index < -0.39 is 22.2 Å². The van der Waals surface area contributed by atoms with Crippen LogP contribution in [0.3, 0.4) is 0 Å². The number of hydrogen-bond donors (Lipinski definition) is 1. The molecule has 4 nitrogen and oxygen atoms in total. The number of methoxy groups -OCH3 is 1. The minimum absolute atomic E-state index is 0.200. The maximum atomic E-state index is 11.4. The normalized spacial score (nSPS) is 13.9. The van der Waals surface area contributed by atoms with Gasteiger partial charge in [0, 0.05) is 36.0 Å². The molecule has 0 radical (unpaired) electrons. The molecule has 0 aromatic heterocycles. The molecule has 0 aromatic rings. The first kappa shape index (κ1) is 13.6. The molecule has 0 amide bonds. The number of aliphatic carboxylic acids is 1. The molecule has 1 N–H and O–H groups in total. The summed E-state index contributed by atoms with van der Waals surface area (Å²) in [5.74, 6) is -0.200. The Hall–Kier alpha value is -0.420. The van der Waals surface area contributed by atoms with Crippen molar-refractivity contribution < 1.29 is 18.8 Å². The summed E-state index contributed by atoms with van der Waals surface area (Å²) in [7, 11) is 0.515. The topological polar surface area (TPSA) is 63.6 Å². The van der Waals surface area contributed by atoms with E-state index in [0.717, 1.165) is 0 Å². The average molecular weight is 222 g/mol. The van der Waals surface area contributed by atoms with E-state index in [9.17, 15) is 9.00 Å². The zero-order valence-electron chi connectivity index (χ0n) is 8.91. The Bertz CT molecular complexity index is 213. The summed E-state index contributed by atoms with van der Waals surface area (Å²) in [5.41, 5.74) is -0.905. The molecule has 0 saturated carbocycles. The van der Waals surface area contributed by atoms with E-state index in [1.165, 1.54) is 0 Å². The second-order valence-electron chi connectivity index (χ2n) is 3.82. The van der Waals surface area contributed by atoms with Crippen LogP contribution in [0.25, 0.3) is 0 Å². The van der Waals surface area contributed by atoms with Crippen LogP contribution in [0.5, 0.6) is 0 Å². The number of rotatable bonds is 7. The Morgan fingerprint density at radius 3 is 2.50 bits per heavy atom. The minimum atomic E-state index is -1.07. The number of carbonyl (C=O) groups is 1. The molecule has 0 saturated heterocycles. The quantitative estimate of drug-likeness (QED) is 0.650. The molecule has 0 spiro atoms. The van der Waals surface area contributed by atoms with Crippen molar-refractivity contribution in [3.63, 3.8) is 0 Å². The van der Waals surface area contributed by atoms with Crippen LogP contribution >= 0.6 is 0 Å². The van der Waals surface area contributed by atoms with Crippen molar-refractivity contribution in [2.24, 2.45) is 5.41 Å². The highest BCUT2D eigenvalue weighted by molar-refractivity contribution is 7.85. The second-order valence-corrected chi connectivity index (χ2v) is 5.40. The fourth-order valence-corrected chi connectivity index (χ4v) is 2.41. The van der Waals surface area contributed by atoms with Crippen LogP contribution in [0.4, 0.5) is 0 Å². The van der Waals surface area contributed by atoms with Gasteiger partial charge >= 0.3 is 5.97 Å². The highest BCUT2D eigenvalue weighted by Gasteiger charge is 2.29. The minimum Gasteiger partial charge on any atom is -0.481 e. The van der Waals surface area contributed by atoms with Gasteiger partial charge < -0.3 is 9.84 Å². The lowest BCUT2D eigenvalue weighted by atomic mass is 9.97. The predicted molar refractivity (Wildman–Crippen MR) is 55.8 cm³/mol. The molecule has 84 valence electrons. The summed E-state index contributed by atoms with van der Waals surface area (Å²) in [5, 5.41) is 8.80. The Morgan fingerprint density at radius 2 is 2.07 bits per heavy atom.